The lowest BCUT2D eigenvalue weighted by Gasteiger charge is -2.17. The molecule has 0 aliphatic heterocycles. The molecule has 0 saturated heterocycles. The summed E-state index contributed by atoms with van der Waals surface area (Å²) >= 11 is 0. The fourth-order valence-electron chi connectivity index (χ4n) is 4.78. The van der Waals surface area contributed by atoms with Crippen molar-refractivity contribution in [1.29, 1.82) is 0 Å². The van der Waals surface area contributed by atoms with Crippen molar-refractivity contribution in [3.63, 3.8) is 0 Å². The zero-order chi connectivity index (χ0) is 31.2. The maximum Gasteiger partial charge on any atom is 0.396 e. The van der Waals surface area contributed by atoms with Gasteiger partial charge >= 0.3 is 17.8 Å². The Morgan fingerprint density at radius 2 is 1.77 bits per heavy atom. The molecule has 3 N–H and O–H groups in total. The normalized spacial score (nSPS) is 12.5. The van der Waals surface area contributed by atoms with E-state index in [0.717, 1.165) is 4.57 Å². The molecule has 222 valence electrons. The standard InChI is InChI=1S/C28H20F5N5O5/c1-37-9-8-21(39)38(27(37)43)19-7-3-5-14-13(4-2-6-15(14)19)10-18(26(41)42)35-25(40)22-16(29)11-17-24(23(22)30)36-20(34-17)12-28(31,32)33/h2-9,11,18H,10,12H2,1H3,(H,34,36)(H,35,40)(H,41,42)/t18-/m0/s1. The molecule has 0 aliphatic carbocycles. The van der Waals surface area contributed by atoms with Crippen LogP contribution in [-0.4, -0.2) is 48.3 Å². The van der Waals surface area contributed by atoms with E-state index in [-0.39, 0.29) is 12.1 Å². The van der Waals surface area contributed by atoms with Gasteiger partial charge in [-0.1, -0.05) is 30.3 Å². The monoisotopic (exact) mass is 601 g/mol. The van der Waals surface area contributed by atoms with E-state index in [0.29, 0.717) is 22.4 Å². The molecule has 0 bridgehead atoms. The molecule has 1 atom stereocenters. The minimum absolute atomic E-state index is 0.225. The number of benzene rings is 3. The van der Waals surface area contributed by atoms with Crippen LogP contribution in [0.15, 0.2) is 64.3 Å². The molecular weight excluding hydrogens is 581 g/mol. The molecule has 15 heteroatoms. The highest BCUT2D eigenvalue weighted by atomic mass is 19.4. The van der Waals surface area contributed by atoms with Gasteiger partial charge in [0.1, 0.15) is 35.2 Å². The molecule has 5 aromatic rings. The SMILES string of the molecule is Cn1ccc(=O)n(-c2cccc3c(C[C@H](NC(=O)c4c(F)cc5[nH]c(CC(F)(F)F)nc5c4F)C(=O)O)cccc23)c1=O. The number of nitrogens with one attached hydrogen (secondary N) is 2. The number of carboxylic acid groups (broad SMARTS) is 1. The lowest BCUT2D eigenvalue weighted by molar-refractivity contribution is -0.139. The number of amides is 1. The number of nitrogens with zero attached hydrogens (tertiary/aromatic N) is 3. The van der Waals surface area contributed by atoms with Gasteiger partial charge in [-0.3, -0.25) is 9.59 Å². The van der Waals surface area contributed by atoms with E-state index in [1.807, 2.05) is 0 Å². The number of rotatable bonds is 7. The number of alkyl halides is 3. The number of halogens is 5. The summed E-state index contributed by atoms with van der Waals surface area (Å²) in [4.78, 5) is 56.0. The Morgan fingerprint density at radius 1 is 1.07 bits per heavy atom. The van der Waals surface area contributed by atoms with Gasteiger partial charge in [0.15, 0.2) is 5.82 Å². The predicted octanol–water partition coefficient (Wildman–Crippen LogP) is 3.37. The summed E-state index contributed by atoms with van der Waals surface area (Å²) in [7, 11) is 1.46. The fraction of sp³-hybridized carbons (Fsp3) is 0.179. The van der Waals surface area contributed by atoms with Crippen molar-refractivity contribution < 1.29 is 36.6 Å². The lowest BCUT2D eigenvalue weighted by atomic mass is 9.97. The van der Waals surface area contributed by atoms with Crippen LogP contribution in [0.4, 0.5) is 22.0 Å². The molecule has 0 spiro atoms. The zero-order valence-corrected chi connectivity index (χ0v) is 22.0. The number of aliphatic carboxylic acids is 1. The molecule has 0 radical (unpaired) electrons. The molecule has 2 aromatic heterocycles. The number of aromatic nitrogens is 4. The third kappa shape index (κ3) is 5.60. The van der Waals surface area contributed by atoms with Gasteiger partial charge in [0.05, 0.1) is 11.2 Å². The molecular formula is C28H20F5N5O5. The molecule has 0 saturated carbocycles. The fourth-order valence-corrected chi connectivity index (χ4v) is 4.78. The Kier molecular flexibility index (Phi) is 7.33. The van der Waals surface area contributed by atoms with E-state index in [2.05, 4.69) is 15.3 Å². The number of carbonyl (C=O) groups excluding carboxylic acids is 1. The van der Waals surface area contributed by atoms with E-state index in [9.17, 15) is 41.8 Å². The van der Waals surface area contributed by atoms with Crippen molar-refractivity contribution in [3.05, 3.63) is 104 Å². The highest BCUT2D eigenvalue weighted by molar-refractivity contribution is 6.00. The first-order valence-corrected chi connectivity index (χ1v) is 12.5. The lowest BCUT2D eigenvalue weighted by Crippen LogP contribution is -2.43. The number of fused-ring (bicyclic) bond motifs is 2. The van der Waals surface area contributed by atoms with Crippen molar-refractivity contribution in [2.75, 3.05) is 0 Å². The molecule has 0 aliphatic rings. The quantitative estimate of drug-likeness (QED) is 0.245. The molecule has 10 nitrogen and oxygen atoms in total. The second-order valence-electron chi connectivity index (χ2n) is 9.66. The Hall–Kier alpha value is -5.34. The zero-order valence-electron chi connectivity index (χ0n) is 22.0. The van der Waals surface area contributed by atoms with Gasteiger partial charge < -0.3 is 20.0 Å². The number of imidazole rings is 1. The number of hydrogen-bond donors (Lipinski definition) is 3. The van der Waals surface area contributed by atoms with Crippen LogP contribution in [0.5, 0.6) is 0 Å². The summed E-state index contributed by atoms with van der Waals surface area (Å²) in [5.41, 5.74) is -3.00. The maximum atomic E-state index is 15.1. The highest BCUT2D eigenvalue weighted by Gasteiger charge is 2.31. The molecule has 5 rings (SSSR count). The highest BCUT2D eigenvalue weighted by Crippen LogP contribution is 2.27. The van der Waals surface area contributed by atoms with Crippen molar-refractivity contribution >= 4 is 33.7 Å². The molecule has 1 amide bonds. The summed E-state index contributed by atoms with van der Waals surface area (Å²) < 4.78 is 70.3. The van der Waals surface area contributed by atoms with Crippen LogP contribution in [0.2, 0.25) is 0 Å². The summed E-state index contributed by atoms with van der Waals surface area (Å²) in [6, 6.07) is 9.46. The smallest absolute Gasteiger partial charge is 0.396 e. The van der Waals surface area contributed by atoms with Crippen LogP contribution < -0.4 is 16.6 Å². The van der Waals surface area contributed by atoms with E-state index in [4.69, 9.17) is 0 Å². The van der Waals surface area contributed by atoms with Gasteiger partial charge in [0.25, 0.3) is 11.5 Å². The van der Waals surface area contributed by atoms with Crippen LogP contribution in [-0.2, 0) is 24.7 Å². The van der Waals surface area contributed by atoms with E-state index >= 15 is 4.39 Å². The van der Waals surface area contributed by atoms with Crippen LogP contribution in [0.25, 0.3) is 27.5 Å². The van der Waals surface area contributed by atoms with Crippen molar-refractivity contribution in [1.82, 2.24) is 24.4 Å². The van der Waals surface area contributed by atoms with Gasteiger partial charge in [0.2, 0.25) is 0 Å². The number of aryl methyl sites for hydroxylation is 1. The van der Waals surface area contributed by atoms with Crippen LogP contribution in [0.3, 0.4) is 0 Å². The summed E-state index contributed by atoms with van der Waals surface area (Å²) in [5, 5.41) is 12.8. The molecule has 0 fully saturated rings. The molecule has 43 heavy (non-hydrogen) atoms. The van der Waals surface area contributed by atoms with Gasteiger partial charge in [0, 0.05) is 37.2 Å². The van der Waals surface area contributed by atoms with Gasteiger partial charge in [-0.2, -0.15) is 13.2 Å². The number of H-pyrrole nitrogens is 1. The molecule has 3 aromatic carbocycles. The van der Waals surface area contributed by atoms with E-state index < -0.39 is 75.8 Å². The number of aromatic amines is 1. The van der Waals surface area contributed by atoms with E-state index in [1.54, 1.807) is 30.3 Å². The maximum absolute atomic E-state index is 15.1. The second-order valence-corrected chi connectivity index (χ2v) is 9.66. The second kappa shape index (κ2) is 10.8. The average molecular weight is 601 g/mol. The number of hydrogen-bond acceptors (Lipinski definition) is 5. The summed E-state index contributed by atoms with van der Waals surface area (Å²) in [6.45, 7) is 0. The Labute approximate surface area is 237 Å². The molecule has 2 heterocycles. The van der Waals surface area contributed by atoms with Crippen molar-refractivity contribution in [2.24, 2.45) is 7.05 Å². The predicted molar refractivity (Wildman–Crippen MR) is 143 cm³/mol. The van der Waals surface area contributed by atoms with Gasteiger partial charge in [-0.25, -0.2) is 27.9 Å². The van der Waals surface area contributed by atoms with Crippen molar-refractivity contribution in [2.45, 2.75) is 25.1 Å². The average Bonchev–Trinajstić information content (AvgIpc) is 3.31. The third-order valence-electron chi connectivity index (χ3n) is 6.72. The van der Waals surface area contributed by atoms with Gasteiger partial charge in [-0.15, -0.1) is 0 Å². The topological polar surface area (TPSA) is 139 Å². The first-order chi connectivity index (χ1) is 20.2. The first kappa shape index (κ1) is 29.2. The van der Waals surface area contributed by atoms with Gasteiger partial charge in [-0.05, 0) is 17.0 Å². The number of carboxylic acids is 1. The number of carbonyl (C=O) groups is 2. The Bertz CT molecular complexity index is 2050. The minimum atomic E-state index is -4.69. The van der Waals surface area contributed by atoms with Crippen LogP contribution in [0.1, 0.15) is 21.7 Å². The molecule has 0 unspecified atom stereocenters. The van der Waals surface area contributed by atoms with E-state index in [1.165, 1.54) is 29.9 Å². The van der Waals surface area contributed by atoms with Crippen LogP contribution in [0, 0.1) is 11.6 Å². The first-order valence-electron chi connectivity index (χ1n) is 12.5. The third-order valence-corrected chi connectivity index (χ3v) is 6.72. The van der Waals surface area contributed by atoms with Crippen molar-refractivity contribution in [3.8, 4) is 5.69 Å². The Balaban J connectivity index is 1.49. The van der Waals surface area contributed by atoms with Crippen LogP contribution >= 0.6 is 0 Å². The summed E-state index contributed by atoms with van der Waals surface area (Å²) in [5.74, 6) is -6.73. The summed E-state index contributed by atoms with van der Waals surface area (Å²) in [6.07, 6.45) is -5.31. The minimum Gasteiger partial charge on any atom is -0.480 e. The largest absolute Gasteiger partial charge is 0.480 e. The Morgan fingerprint density at radius 3 is 2.47 bits per heavy atom.